The maximum atomic E-state index is 5.28. The van der Waals surface area contributed by atoms with Gasteiger partial charge >= 0.3 is 0 Å². The summed E-state index contributed by atoms with van der Waals surface area (Å²) >= 11 is 1.56. The average Bonchev–Trinajstić information content (AvgIpc) is 3.02. The van der Waals surface area contributed by atoms with Gasteiger partial charge in [-0.15, -0.1) is 11.3 Å². The molecule has 0 spiro atoms. The standard InChI is InChI=1S/C11H10N4OS/c1-7-8(10-12-2-4-16-10)6-14-9(15-7)11-13-3-5-17-11/h2-5H,6H2,1H3,(H,14,15). The van der Waals surface area contributed by atoms with Crippen molar-refractivity contribution >= 4 is 22.7 Å². The van der Waals surface area contributed by atoms with Crippen molar-refractivity contribution in [3.8, 4) is 0 Å². The van der Waals surface area contributed by atoms with Gasteiger partial charge in [-0.05, 0) is 6.92 Å². The molecule has 0 fully saturated rings. The summed E-state index contributed by atoms with van der Waals surface area (Å²) < 4.78 is 5.28. The van der Waals surface area contributed by atoms with Gasteiger partial charge in [-0.1, -0.05) is 0 Å². The van der Waals surface area contributed by atoms with E-state index >= 15 is 0 Å². The van der Waals surface area contributed by atoms with Gasteiger partial charge in [-0.2, -0.15) is 0 Å². The van der Waals surface area contributed by atoms with E-state index in [4.69, 9.17) is 4.42 Å². The number of hydrogen-bond acceptors (Lipinski definition) is 6. The monoisotopic (exact) mass is 246 g/mol. The number of nitrogens with one attached hydrogen (secondary N) is 1. The first-order valence-electron chi connectivity index (χ1n) is 5.15. The lowest BCUT2D eigenvalue weighted by atomic mass is 10.2. The summed E-state index contributed by atoms with van der Waals surface area (Å²) in [7, 11) is 0. The Morgan fingerprint density at radius 2 is 2.29 bits per heavy atom. The number of hydrogen-bond donors (Lipinski definition) is 1. The fourth-order valence-corrected chi connectivity index (χ4v) is 2.23. The van der Waals surface area contributed by atoms with Crippen molar-refractivity contribution in [2.75, 3.05) is 6.54 Å². The largest absolute Gasteiger partial charge is 0.445 e. The summed E-state index contributed by atoms with van der Waals surface area (Å²) in [5.74, 6) is 1.43. The first-order valence-corrected chi connectivity index (χ1v) is 6.03. The number of aromatic nitrogens is 2. The van der Waals surface area contributed by atoms with Crippen LogP contribution in [0.3, 0.4) is 0 Å². The van der Waals surface area contributed by atoms with Crippen LogP contribution in [0, 0.1) is 0 Å². The highest BCUT2D eigenvalue weighted by Gasteiger charge is 2.18. The number of thiazole rings is 1. The van der Waals surface area contributed by atoms with Gasteiger partial charge in [0, 0.05) is 17.3 Å². The third-order valence-corrected chi connectivity index (χ3v) is 3.26. The smallest absolute Gasteiger partial charge is 0.225 e. The molecule has 2 aromatic rings. The van der Waals surface area contributed by atoms with Gasteiger partial charge in [0.05, 0.1) is 18.3 Å². The Labute approximate surface area is 102 Å². The summed E-state index contributed by atoms with van der Waals surface area (Å²) in [4.78, 5) is 12.8. The second kappa shape index (κ2) is 4.14. The Bertz CT molecular complexity index is 569. The molecule has 1 N–H and O–H groups in total. The van der Waals surface area contributed by atoms with E-state index < -0.39 is 0 Å². The molecular weight excluding hydrogens is 236 g/mol. The molecule has 0 bridgehead atoms. The molecule has 0 saturated heterocycles. The van der Waals surface area contributed by atoms with Crippen molar-refractivity contribution in [3.05, 3.63) is 40.6 Å². The van der Waals surface area contributed by atoms with E-state index in [1.54, 1.807) is 30.0 Å². The Hall–Kier alpha value is -1.95. The van der Waals surface area contributed by atoms with Gasteiger partial charge in [-0.3, -0.25) is 4.99 Å². The van der Waals surface area contributed by atoms with E-state index in [2.05, 4.69) is 20.3 Å². The van der Waals surface area contributed by atoms with E-state index in [9.17, 15) is 0 Å². The lowest BCUT2D eigenvalue weighted by Crippen LogP contribution is -2.27. The van der Waals surface area contributed by atoms with E-state index in [1.807, 2.05) is 12.3 Å². The number of oxazole rings is 1. The quantitative estimate of drug-likeness (QED) is 0.879. The topological polar surface area (TPSA) is 63.3 Å². The van der Waals surface area contributed by atoms with Crippen molar-refractivity contribution in [3.63, 3.8) is 0 Å². The highest BCUT2D eigenvalue weighted by molar-refractivity contribution is 7.11. The molecule has 0 unspecified atom stereocenters. The van der Waals surface area contributed by atoms with Crippen molar-refractivity contribution < 1.29 is 4.42 Å². The minimum absolute atomic E-state index is 0.564. The number of aliphatic imine (C=N–C) groups is 1. The molecule has 0 aliphatic carbocycles. The maximum Gasteiger partial charge on any atom is 0.225 e. The molecule has 0 atom stereocenters. The molecule has 86 valence electrons. The first kappa shape index (κ1) is 10.2. The molecule has 0 saturated carbocycles. The Morgan fingerprint density at radius 3 is 2.94 bits per heavy atom. The van der Waals surface area contributed by atoms with Crippen LogP contribution in [0.5, 0.6) is 0 Å². The number of rotatable bonds is 2. The van der Waals surface area contributed by atoms with Crippen molar-refractivity contribution in [1.29, 1.82) is 0 Å². The highest BCUT2D eigenvalue weighted by Crippen LogP contribution is 2.20. The average molecular weight is 246 g/mol. The minimum Gasteiger partial charge on any atom is -0.445 e. The lowest BCUT2D eigenvalue weighted by molar-refractivity contribution is 0.539. The van der Waals surface area contributed by atoms with Crippen LogP contribution in [0.4, 0.5) is 0 Å². The fraction of sp³-hybridized carbons (Fsp3) is 0.182. The van der Waals surface area contributed by atoms with Crippen molar-refractivity contribution in [2.45, 2.75) is 6.92 Å². The summed E-state index contributed by atoms with van der Waals surface area (Å²) in [6.45, 7) is 2.55. The summed E-state index contributed by atoms with van der Waals surface area (Å²) in [5, 5.41) is 6.07. The molecule has 1 aliphatic rings. The summed E-state index contributed by atoms with van der Waals surface area (Å²) in [6, 6.07) is 0. The zero-order valence-corrected chi connectivity index (χ0v) is 9.99. The van der Waals surface area contributed by atoms with E-state index in [1.165, 1.54) is 0 Å². The third kappa shape index (κ3) is 1.87. The minimum atomic E-state index is 0.564. The van der Waals surface area contributed by atoms with Gasteiger partial charge in [0.1, 0.15) is 6.26 Å². The second-order valence-electron chi connectivity index (χ2n) is 3.57. The molecule has 0 amide bonds. The Kier molecular flexibility index (Phi) is 2.49. The van der Waals surface area contributed by atoms with Crippen LogP contribution in [-0.4, -0.2) is 22.3 Å². The first-order chi connectivity index (χ1) is 8.34. The molecular formula is C11H10N4OS. The van der Waals surface area contributed by atoms with Gasteiger partial charge in [0.25, 0.3) is 0 Å². The van der Waals surface area contributed by atoms with Crippen LogP contribution >= 0.6 is 11.3 Å². The normalized spacial score (nSPS) is 15.7. The van der Waals surface area contributed by atoms with E-state index in [0.717, 1.165) is 22.1 Å². The fourth-order valence-electron chi connectivity index (χ4n) is 1.63. The van der Waals surface area contributed by atoms with E-state index in [-0.39, 0.29) is 0 Å². The van der Waals surface area contributed by atoms with Crippen LogP contribution in [0.2, 0.25) is 0 Å². The third-order valence-electron chi connectivity index (χ3n) is 2.48. The van der Waals surface area contributed by atoms with Gasteiger partial charge < -0.3 is 9.73 Å². The van der Waals surface area contributed by atoms with Crippen LogP contribution in [0.25, 0.3) is 5.57 Å². The Morgan fingerprint density at radius 1 is 1.35 bits per heavy atom. The second-order valence-corrected chi connectivity index (χ2v) is 4.46. The lowest BCUT2D eigenvalue weighted by Gasteiger charge is -2.16. The van der Waals surface area contributed by atoms with Crippen LogP contribution in [0.15, 0.2) is 39.1 Å². The molecule has 17 heavy (non-hydrogen) atoms. The number of allylic oxidation sites excluding steroid dienone is 1. The van der Waals surface area contributed by atoms with Crippen LogP contribution in [-0.2, 0) is 0 Å². The van der Waals surface area contributed by atoms with Gasteiger partial charge in [-0.25, -0.2) is 9.97 Å². The maximum absolute atomic E-state index is 5.28. The van der Waals surface area contributed by atoms with Gasteiger partial charge in [0.2, 0.25) is 5.89 Å². The van der Waals surface area contributed by atoms with E-state index in [0.29, 0.717) is 12.4 Å². The molecule has 0 aromatic carbocycles. The summed E-state index contributed by atoms with van der Waals surface area (Å²) in [6.07, 6.45) is 4.97. The summed E-state index contributed by atoms with van der Waals surface area (Å²) in [5.41, 5.74) is 1.99. The van der Waals surface area contributed by atoms with Crippen LogP contribution < -0.4 is 5.32 Å². The molecule has 5 nitrogen and oxygen atoms in total. The molecule has 2 aromatic heterocycles. The number of nitrogens with zero attached hydrogens (tertiary/aromatic N) is 3. The molecule has 3 rings (SSSR count). The molecule has 3 heterocycles. The zero-order chi connectivity index (χ0) is 11.7. The highest BCUT2D eigenvalue weighted by atomic mass is 32.1. The number of amidine groups is 1. The van der Waals surface area contributed by atoms with Crippen molar-refractivity contribution in [1.82, 2.24) is 15.3 Å². The SMILES string of the molecule is CC1=C(c2ncco2)CN=C(c2nccs2)N1. The van der Waals surface area contributed by atoms with Crippen molar-refractivity contribution in [2.24, 2.45) is 4.99 Å². The van der Waals surface area contributed by atoms with Crippen LogP contribution in [0.1, 0.15) is 17.8 Å². The zero-order valence-electron chi connectivity index (χ0n) is 9.17. The predicted molar refractivity (Wildman–Crippen MR) is 65.8 cm³/mol. The molecule has 0 radical (unpaired) electrons. The predicted octanol–water partition coefficient (Wildman–Crippen LogP) is 1.91. The molecule has 6 heteroatoms. The Balaban J connectivity index is 1.87. The van der Waals surface area contributed by atoms with Gasteiger partial charge in [0.15, 0.2) is 10.8 Å². The molecule has 1 aliphatic heterocycles.